The third kappa shape index (κ3) is 3.77. The summed E-state index contributed by atoms with van der Waals surface area (Å²) in [5.74, 6) is -1.02. The SMILES string of the molecule is COc1cc2c(cc1NC(=O)CSc1ccccc1C(=O)[O-])oc1ccccc12. The van der Waals surface area contributed by atoms with Gasteiger partial charge in [-0.1, -0.05) is 36.4 Å². The third-order valence-electron chi connectivity index (χ3n) is 4.44. The Hall–Kier alpha value is -3.45. The van der Waals surface area contributed by atoms with Crippen molar-refractivity contribution in [3.63, 3.8) is 0 Å². The third-order valence-corrected chi connectivity index (χ3v) is 5.51. The molecule has 0 saturated carbocycles. The molecule has 0 aliphatic heterocycles. The first-order chi connectivity index (χ1) is 14.1. The Balaban J connectivity index is 1.56. The van der Waals surface area contributed by atoms with Crippen LogP contribution in [0.2, 0.25) is 0 Å². The van der Waals surface area contributed by atoms with E-state index in [9.17, 15) is 14.7 Å². The van der Waals surface area contributed by atoms with Crippen molar-refractivity contribution in [3.8, 4) is 5.75 Å². The molecule has 146 valence electrons. The molecule has 1 N–H and O–H groups in total. The zero-order valence-corrected chi connectivity index (χ0v) is 16.2. The minimum Gasteiger partial charge on any atom is -0.545 e. The molecule has 3 aromatic carbocycles. The number of fused-ring (bicyclic) bond motifs is 3. The Bertz CT molecular complexity index is 1230. The molecule has 0 spiro atoms. The van der Waals surface area contributed by atoms with Crippen LogP contribution in [-0.4, -0.2) is 24.7 Å². The number of thioether (sulfide) groups is 1. The van der Waals surface area contributed by atoms with Gasteiger partial charge in [-0.05, 0) is 18.2 Å². The van der Waals surface area contributed by atoms with Gasteiger partial charge in [0.25, 0.3) is 0 Å². The highest BCUT2D eigenvalue weighted by molar-refractivity contribution is 8.00. The number of nitrogens with one attached hydrogen (secondary N) is 1. The predicted molar refractivity (Wildman–Crippen MR) is 110 cm³/mol. The van der Waals surface area contributed by atoms with E-state index in [1.54, 1.807) is 24.3 Å². The summed E-state index contributed by atoms with van der Waals surface area (Å²) in [4.78, 5) is 24.1. The highest BCUT2D eigenvalue weighted by atomic mass is 32.2. The Morgan fingerprint density at radius 2 is 1.79 bits per heavy atom. The number of amides is 1. The molecule has 0 bridgehead atoms. The van der Waals surface area contributed by atoms with Crippen LogP contribution in [0, 0.1) is 0 Å². The van der Waals surface area contributed by atoms with Gasteiger partial charge in [-0.2, -0.15) is 0 Å². The first-order valence-corrected chi connectivity index (χ1v) is 9.77. The number of anilines is 1. The van der Waals surface area contributed by atoms with Crippen LogP contribution >= 0.6 is 11.8 Å². The van der Waals surface area contributed by atoms with E-state index in [0.717, 1.165) is 28.1 Å². The maximum absolute atomic E-state index is 12.5. The minimum atomic E-state index is -1.27. The van der Waals surface area contributed by atoms with Crippen LogP contribution in [0.15, 0.2) is 70.0 Å². The van der Waals surface area contributed by atoms with Gasteiger partial charge in [0.2, 0.25) is 5.91 Å². The molecule has 0 radical (unpaired) electrons. The van der Waals surface area contributed by atoms with Crippen molar-refractivity contribution in [2.24, 2.45) is 0 Å². The van der Waals surface area contributed by atoms with Crippen molar-refractivity contribution < 1.29 is 23.8 Å². The monoisotopic (exact) mass is 406 g/mol. The topological polar surface area (TPSA) is 91.6 Å². The summed E-state index contributed by atoms with van der Waals surface area (Å²) >= 11 is 1.13. The van der Waals surface area contributed by atoms with Crippen molar-refractivity contribution in [1.29, 1.82) is 0 Å². The van der Waals surface area contributed by atoms with Crippen LogP contribution < -0.4 is 15.2 Å². The lowest BCUT2D eigenvalue weighted by molar-refractivity contribution is -0.255. The number of furan rings is 1. The van der Waals surface area contributed by atoms with Crippen molar-refractivity contribution in [1.82, 2.24) is 0 Å². The summed E-state index contributed by atoms with van der Waals surface area (Å²) in [6.07, 6.45) is 0. The molecule has 0 saturated heterocycles. The van der Waals surface area contributed by atoms with E-state index in [1.165, 1.54) is 13.2 Å². The van der Waals surface area contributed by atoms with Crippen LogP contribution in [-0.2, 0) is 4.79 Å². The number of carbonyl (C=O) groups is 2. The van der Waals surface area contributed by atoms with Gasteiger partial charge in [-0.15, -0.1) is 11.8 Å². The summed E-state index contributed by atoms with van der Waals surface area (Å²) < 4.78 is 11.3. The van der Waals surface area contributed by atoms with Gasteiger partial charge in [-0.3, -0.25) is 4.79 Å². The number of hydrogen-bond acceptors (Lipinski definition) is 6. The number of carboxylic acids is 1. The van der Waals surface area contributed by atoms with E-state index in [4.69, 9.17) is 9.15 Å². The molecule has 4 aromatic rings. The molecule has 0 aliphatic carbocycles. The fourth-order valence-electron chi connectivity index (χ4n) is 3.11. The molecule has 6 nitrogen and oxygen atoms in total. The van der Waals surface area contributed by atoms with Crippen molar-refractivity contribution in [2.75, 3.05) is 18.2 Å². The summed E-state index contributed by atoms with van der Waals surface area (Å²) in [6.45, 7) is 0. The average Bonchev–Trinajstić information content (AvgIpc) is 3.09. The van der Waals surface area contributed by atoms with Crippen molar-refractivity contribution in [3.05, 3.63) is 66.2 Å². The number of methoxy groups -OCH3 is 1. The number of rotatable bonds is 6. The summed E-state index contributed by atoms with van der Waals surface area (Å²) in [5, 5.41) is 15.9. The van der Waals surface area contributed by atoms with Gasteiger partial charge >= 0.3 is 0 Å². The molecule has 4 rings (SSSR count). The maximum atomic E-state index is 12.5. The lowest BCUT2D eigenvalue weighted by Crippen LogP contribution is -2.23. The Morgan fingerprint density at radius 1 is 1.03 bits per heavy atom. The van der Waals surface area contributed by atoms with E-state index in [-0.39, 0.29) is 17.2 Å². The zero-order chi connectivity index (χ0) is 20.4. The van der Waals surface area contributed by atoms with E-state index >= 15 is 0 Å². The lowest BCUT2D eigenvalue weighted by atomic mass is 10.1. The first-order valence-electron chi connectivity index (χ1n) is 8.79. The highest BCUT2D eigenvalue weighted by Crippen LogP contribution is 2.36. The maximum Gasteiger partial charge on any atom is 0.234 e. The Labute approximate surface area is 170 Å². The van der Waals surface area contributed by atoms with E-state index in [0.29, 0.717) is 21.9 Å². The molecule has 29 heavy (non-hydrogen) atoms. The first kappa shape index (κ1) is 18.9. The number of ether oxygens (including phenoxy) is 1. The average molecular weight is 406 g/mol. The van der Waals surface area contributed by atoms with Crippen LogP contribution in [0.25, 0.3) is 21.9 Å². The van der Waals surface area contributed by atoms with E-state index < -0.39 is 5.97 Å². The summed E-state index contributed by atoms with van der Waals surface area (Å²) in [6, 6.07) is 17.6. The van der Waals surface area contributed by atoms with Crippen LogP contribution in [0.1, 0.15) is 10.4 Å². The smallest absolute Gasteiger partial charge is 0.234 e. The van der Waals surface area contributed by atoms with Crippen molar-refractivity contribution >= 4 is 51.3 Å². The Morgan fingerprint density at radius 3 is 2.59 bits per heavy atom. The second-order valence-corrected chi connectivity index (χ2v) is 7.28. The molecule has 1 heterocycles. The summed E-state index contributed by atoms with van der Waals surface area (Å²) in [7, 11) is 1.53. The van der Waals surface area contributed by atoms with Gasteiger partial charge in [0.15, 0.2) is 0 Å². The number of carbonyl (C=O) groups excluding carboxylic acids is 2. The quantitative estimate of drug-likeness (QED) is 0.491. The number of carboxylic acid groups (broad SMARTS) is 1. The number of para-hydroxylation sites is 1. The molecule has 1 amide bonds. The second kappa shape index (κ2) is 7.89. The highest BCUT2D eigenvalue weighted by Gasteiger charge is 2.14. The second-order valence-electron chi connectivity index (χ2n) is 6.27. The van der Waals surface area contributed by atoms with E-state index in [2.05, 4.69) is 5.32 Å². The number of benzene rings is 3. The fraction of sp³-hybridized carbons (Fsp3) is 0.0909. The fourth-order valence-corrected chi connectivity index (χ4v) is 3.95. The normalized spacial score (nSPS) is 10.9. The van der Waals surface area contributed by atoms with Crippen LogP contribution in [0.4, 0.5) is 5.69 Å². The van der Waals surface area contributed by atoms with Gasteiger partial charge in [-0.25, -0.2) is 0 Å². The molecular formula is C22H16NO5S-. The minimum absolute atomic E-state index is 0.0333. The van der Waals surface area contributed by atoms with Gasteiger partial charge < -0.3 is 24.4 Å². The molecule has 0 fully saturated rings. The molecule has 0 aliphatic rings. The number of aromatic carboxylic acids is 1. The molecule has 0 atom stereocenters. The standard InChI is InChI=1S/C22H17NO5S/c1-27-19-10-15-13-6-2-4-8-17(13)28-18(15)11-16(19)23-21(24)12-29-20-9-5-3-7-14(20)22(25)26/h2-11H,12H2,1H3,(H,23,24)(H,25,26)/p-1. The Kier molecular flexibility index (Phi) is 5.14. The van der Waals surface area contributed by atoms with Crippen LogP contribution in [0.3, 0.4) is 0 Å². The van der Waals surface area contributed by atoms with Crippen LogP contribution in [0.5, 0.6) is 5.75 Å². The van der Waals surface area contributed by atoms with Crippen molar-refractivity contribution in [2.45, 2.75) is 4.90 Å². The zero-order valence-electron chi connectivity index (χ0n) is 15.4. The van der Waals surface area contributed by atoms with Gasteiger partial charge in [0.05, 0.1) is 24.5 Å². The lowest BCUT2D eigenvalue weighted by Gasteiger charge is -2.12. The molecule has 7 heteroatoms. The predicted octanol–water partition coefficient (Wildman–Crippen LogP) is 3.69. The molecule has 1 aromatic heterocycles. The largest absolute Gasteiger partial charge is 0.545 e. The van der Waals surface area contributed by atoms with Gasteiger partial charge in [0, 0.05) is 27.3 Å². The van der Waals surface area contributed by atoms with E-state index in [1.807, 2.05) is 30.3 Å². The molecule has 0 unspecified atom stereocenters. The summed E-state index contributed by atoms with van der Waals surface area (Å²) in [5.41, 5.74) is 1.93. The molecular weight excluding hydrogens is 390 g/mol. The van der Waals surface area contributed by atoms with Gasteiger partial charge in [0.1, 0.15) is 16.9 Å². The number of hydrogen-bond donors (Lipinski definition) is 1.